The first-order chi connectivity index (χ1) is 13.1. The maximum Gasteiger partial charge on any atom is 0.306 e. The number of carboxylic acid groups (broad SMARTS) is 1. The van der Waals surface area contributed by atoms with Gasteiger partial charge in [-0.2, -0.15) is 4.98 Å². The zero-order valence-electron chi connectivity index (χ0n) is 15.3. The van der Waals surface area contributed by atoms with Gasteiger partial charge in [0.15, 0.2) is 5.82 Å². The third-order valence-corrected chi connectivity index (χ3v) is 6.62. The monoisotopic (exact) mass is 367 g/mol. The van der Waals surface area contributed by atoms with Crippen LogP contribution in [0.5, 0.6) is 0 Å². The predicted molar refractivity (Wildman–Crippen MR) is 98.5 cm³/mol. The number of aliphatic carboxylic acids is 1. The quantitative estimate of drug-likeness (QED) is 0.781. The maximum absolute atomic E-state index is 11.2. The van der Waals surface area contributed by atoms with Crippen LogP contribution in [0.25, 0.3) is 0 Å². The molecule has 0 amide bonds. The van der Waals surface area contributed by atoms with E-state index in [2.05, 4.69) is 45.8 Å². The molecule has 6 nitrogen and oxygen atoms in total. The van der Waals surface area contributed by atoms with Crippen molar-refractivity contribution in [3.8, 4) is 0 Å². The van der Waals surface area contributed by atoms with Crippen molar-refractivity contribution in [2.45, 2.75) is 61.8 Å². The summed E-state index contributed by atoms with van der Waals surface area (Å²) in [5.74, 6) is 1.18. The number of aromatic nitrogens is 2. The van der Waals surface area contributed by atoms with Crippen LogP contribution in [-0.2, 0) is 10.2 Å². The second-order valence-corrected chi connectivity index (χ2v) is 8.52. The molecule has 27 heavy (non-hydrogen) atoms. The van der Waals surface area contributed by atoms with E-state index in [1.165, 1.54) is 12.0 Å². The standard InChI is InChI=1S/C21H25N3O3/c25-19(26)15-7-6-14(10-15)18-23-20(24-27-18)21(8-9-21)12-22-17-11-16(17)13-4-2-1-3-5-13/h1-5,14-17,22H,6-12H2,(H,25,26)/t14-,15+,16+,17?/m0/s1. The molecule has 4 atom stereocenters. The molecule has 6 heteroatoms. The Bertz CT molecular complexity index is 830. The average molecular weight is 367 g/mol. The molecule has 1 aromatic heterocycles. The summed E-state index contributed by atoms with van der Waals surface area (Å²) in [5, 5.41) is 17.2. The zero-order valence-corrected chi connectivity index (χ0v) is 15.3. The van der Waals surface area contributed by atoms with E-state index in [1.54, 1.807) is 0 Å². The van der Waals surface area contributed by atoms with Crippen LogP contribution >= 0.6 is 0 Å². The Morgan fingerprint density at radius 1 is 1.22 bits per heavy atom. The van der Waals surface area contributed by atoms with E-state index in [1.807, 2.05) is 0 Å². The molecule has 5 rings (SSSR count). The number of rotatable bonds is 7. The Balaban J connectivity index is 1.19. The highest BCUT2D eigenvalue weighted by atomic mass is 16.5. The van der Waals surface area contributed by atoms with Gasteiger partial charge in [-0.25, -0.2) is 0 Å². The summed E-state index contributed by atoms with van der Waals surface area (Å²) in [4.78, 5) is 15.8. The molecule has 3 aliphatic rings. The Kier molecular flexibility index (Phi) is 4.04. The summed E-state index contributed by atoms with van der Waals surface area (Å²) in [6.45, 7) is 0.891. The van der Waals surface area contributed by atoms with Crippen molar-refractivity contribution in [1.29, 1.82) is 0 Å². The van der Waals surface area contributed by atoms with Gasteiger partial charge < -0.3 is 14.9 Å². The lowest BCUT2D eigenvalue weighted by Gasteiger charge is -2.12. The highest BCUT2D eigenvalue weighted by molar-refractivity contribution is 5.70. The number of hydrogen-bond acceptors (Lipinski definition) is 5. The van der Waals surface area contributed by atoms with Crippen molar-refractivity contribution in [1.82, 2.24) is 15.5 Å². The molecular formula is C21H25N3O3. The van der Waals surface area contributed by atoms with Crippen LogP contribution in [-0.4, -0.2) is 33.8 Å². The van der Waals surface area contributed by atoms with Gasteiger partial charge in [0.05, 0.1) is 5.92 Å². The molecule has 3 fully saturated rings. The average Bonchev–Trinajstić information content (AvgIpc) is 3.52. The minimum atomic E-state index is -0.711. The molecule has 2 aromatic rings. The van der Waals surface area contributed by atoms with Crippen LogP contribution in [0.15, 0.2) is 34.9 Å². The molecule has 1 heterocycles. The normalized spacial score (nSPS) is 31.0. The Morgan fingerprint density at radius 2 is 2.04 bits per heavy atom. The molecular weight excluding hydrogens is 342 g/mol. The van der Waals surface area contributed by atoms with Crippen molar-refractivity contribution in [3.63, 3.8) is 0 Å². The largest absolute Gasteiger partial charge is 0.481 e. The molecule has 0 aliphatic heterocycles. The van der Waals surface area contributed by atoms with Gasteiger partial charge in [-0.1, -0.05) is 35.5 Å². The van der Waals surface area contributed by atoms with Gasteiger partial charge >= 0.3 is 5.97 Å². The van der Waals surface area contributed by atoms with Crippen LogP contribution in [0.4, 0.5) is 0 Å². The number of nitrogens with one attached hydrogen (secondary N) is 1. The second kappa shape index (κ2) is 6.44. The van der Waals surface area contributed by atoms with Gasteiger partial charge in [-0.3, -0.25) is 4.79 Å². The zero-order chi connectivity index (χ0) is 18.4. The van der Waals surface area contributed by atoms with E-state index < -0.39 is 5.97 Å². The molecule has 2 N–H and O–H groups in total. The summed E-state index contributed by atoms with van der Waals surface area (Å²) in [5.41, 5.74) is 1.42. The van der Waals surface area contributed by atoms with Gasteiger partial charge in [-0.05, 0) is 44.1 Å². The molecule has 0 radical (unpaired) electrons. The molecule has 0 saturated heterocycles. The Morgan fingerprint density at radius 3 is 2.74 bits per heavy atom. The van der Waals surface area contributed by atoms with Crippen LogP contribution < -0.4 is 5.32 Å². The maximum atomic E-state index is 11.2. The van der Waals surface area contributed by atoms with Gasteiger partial charge in [0.2, 0.25) is 5.89 Å². The van der Waals surface area contributed by atoms with Crippen LogP contribution in [0.1, 0.15) is 67.6 Å². The number of carbonyl (C=O) groups is 1. The SMILES string of the molecule is O=C(O)[C@@H]1CC[C@H](c2nc(C3(CNC4C[C@@H]4c4ccccc4)CC3)no2)C1. The van der Waals surface area contributed by atoms with Crippen LogP contribution in [0, 0.1) is 5.92 Å². The van der Waals surface area contributed by atoms with E-state index in [9.17, 15) is 9.90 Å². The fourth-order valence-electron chi connectivity index (χ4n) is 4.49. The minimum Gasteiger partial charge on any atom is -0.481 e. The third-order valence-electron chi connectivity index (χ3n) is 6.62. The summed E-state index contributed by atoms with van der Waals surface area (Å²) in [7, 11) is 0. The third kappa shape index (κ3) is 3.27. The van der Waals surface area contributed by atoms with E-state index in [0.717, 1.165) is 31.6 Å². The number of carboxylic acids is 1. The smallest absolute Gasteiger partial charge is 0.306 e. The van der Waals surface area contributed by atoms with Crippen molar-refractivity contribution < 1.29 is 14.4 Å². The Hall–Kier alpha value is -2.21. The van der Waals surface area contributed by atoms with E-state index >= 15 is 0 Å². The first-order valence-electron chi connectivity index (χ1n) is 10.00. The van der Waals surface area contributed by atoms with Gasteiger partial charge in [0.1, 0.15) is 0 Å². The lowest BCUT2D eigenvalue weighted by atomic mass is 10.0. The number of nitrogens with zero attached hydrogens (tertiary/aromatic N) is 2. The summed E-state index contributed by atoms with van der Waals surface area (Å²) in [6, 6.07) is 11.2. The summed E-state index contributed by atoms with van der Waals surface area (Å²) < 4.78 is 5.53. The van der Waals surface area contributed by atoms with Crippen molar-refractivity contribution >= 4 is 5.97 Å². The van der Waals surface area contributed by atoms with Gasteiger partial charge in [-0.15, -0.1) is 0 Å². The van der Waals surface area contributed by atoms with E-state index in [-0.39, 0.29) is 17.3 Å². The van der Waals surface area contributed by atoms with Gasteiger partial charge in [0.25, 0.3) is 0 Å². The fourth-order valence-corrected chi connectivity index (χ4v) is 4.49. The molecule has 3 saturated carbocycles. The highest BCUT2D eigenvalue weighted by Gasteiger charge is 2.50. The minimum absolute atomic E-state index is 0.0103. The molecule has 3 aliphatic carbocycles. The van der Waals surface area contributed by atoms with Crippen LogP contribution in [0.3, 0.4) is 0 Å². The van der Waals surface area contributed by atoms with Crippen molar-refractivity contribution in [2.75, 3.05) is 6.54 Å². The first-order valence-corrected chi connectivity index (χ1v) is 10.00. The second-order valence-electron chi connectivity index (χ2n) is 8.52. The lowest BCUT2D eigenvalue weighted by molar-refractivity contribution is -0.141. The lowest BCUT2D eigenvalue weighted by Crippen LogP contribution is -2.30. The van der Waals surface area contributed by atoms with Crippen molar-refractivity contribution in [3.05, 3.63) is 47.6 Å². The number of benzene rings is 1. The first kappa shape index (κ1) is 16.9. The van der Waals surface area contributed by atoms with Crippen LogP contribution in [0.2, 0.25) is 0 Å². The molecule has 0 spiro atoms. The predicted octanol–water partition coefficient (Wildman–Crippen LogP) is 3.22. The summed E-state index contributed by atoms with van der Waals surface area (Å²) >= 11 is 0. The highest BCUT2D eigenvalue weighted by Crippen LogP contribution is 2.49. The molecule has 1 aromatic carbocycles. The fraction of sp³-hybridized carbons (Fsp3) is 0.571. The molecule has 0 bridgehead atoms. The van der Waals surface area contributed by atoms with E-state index in [0.29, 0.717) is 30.7 Å². The Labute approximate surface area is 158 Å². The molecule has 142 valence electrons. The molecule has 1 unspecified atom stereocenters. The van der Waals surface area contributed by atoms with Crippen molar-refractivity contribution in [2.24, 2.45) is 5.92 Å². The topological polar surface area (TPSA) is 88.2 Å². The summed E-state index contributed by atoms with van der Waals surface area (Å²) in [6.07, 6.45) is 5.51. The van der Waals surface area contributed by atoms with E-state index in [4.69, 9.17) is 4.52 Å². The number of hydrogen-bond donors (Lipinski definition) is 2. The van der Waals surface area contributed by atoms with Gasteiger partial charge in [0, 0.05) is 29.8 Å².